The van der Waals surface area contributed by atoms with Crippen LogP contribution in [-0.4, -0.2) is 40.5 Å². The van der Waals surface area contributed by atoms with Gasteiger partial charge in [-0.25, -0.2) is 14.0 Å². The second-order valence-corrected chi connectivity index (χ2v) is 6.43. The van der Waals surface area contributed by atoms with Crippen LogP contribution in [0.1, 0.15) is 26.5 Å². The lowest BCUT2D eigenvalue weighted by atomic mass is 10.3. The Hall–Kier alpha value is -1.26. The maximum atomic E-state index is 13.2. The second kappa shape index (κ2) is 14.9. The van der Waals surface area contributed by atoms with Gasteiger partial charge in [0.1, 0.15) is 5.82 Å². The minimum atomic E-state index is -0.364. The van der Waals surface area contributed by atoms with Gasteiger partial charge in [0, 0.05) is 12.3 Å². The molecule has 0 spiro atoms. The van der Waals surface area contributed by atoms with Crippen LogP contribution in [-0.2, 0) is 0 Å². The fraction of sp³-hybridized carbons (Fsp3) is 0.438. The smallest absolute Gasteiger partial charge is 0.202 e. The van der Waals surface area contributed by atoms with Crippen LogP contribution in [0, 0.1) is 5.82 Å². The first kappa shape index (κ1) is 24.7. The van der Waals surface area contributed by atoms with Crippen LogP contribution < -0.4 is 11.1 Å². The van der Waals surface area contributed by atoms with Crippen molar-refractivity contribution in [2.45, 2.75) is 20.8 Å². The predicted molar refractivity (Wildman–Crippen MR) is 117 cm³/mol. The van der Waals surface area contributed by atoms with Crippen molar-refractivity contribution in [3.8, 4) is 0 Å². The van der Waals surface area contributed by atoms with Crippen LogP contribution in [0.5, 0.6) is 0 Å². The third-order valence-corrected chi connectivity index (χ3v) is 4.14. The van der Waals surface area contributed by atoms with Crippen LogP contribution in [0.25, 0.3) is 0 Å². The van der Waals surface area contributed by atoms with E-state index in [1.54, 1.807) is 18.0 Å². The average molecular weight is 466 g/mol. The Kier molecular flexibility index (Phi) is 14.1. The number of nitrogens with zero attached hydrogens (tertiary/aromatic N) is 3. The summed E-state index contributed by atoms with van der Waals surface area (Å²) in [6, 6.07) is 4.35. The predicted octanol–water partition coefficient (Wildman–Crippen LogP) is 4.75. The fourth-order valence-electron chi connectivity index (χ4n) is 1.61. The van der Waals surface area contributed by atoms with Gasteiger partial charge in [-0.05, 0) is 56.5 Å². The van der Waals surface area contributed by atoms with Crippen LogP contribution in [0.2, 0.25) is 0 Å². The molecule has 0 bridgehead atoms. The summed E-state index contributed by atoms with van der Waals surface area (Å²) in [5.41, 5.74) is 6.76. The molecule has 0 atom stereocenters. The number of benzene rings is 1. The zero-order valence-electron chi connectivity index (χ0n) is 15.3. The summed E-state index contributed by atoms with van der Waals surface area (Å²) in [6.45, 7) is 6.81. The molecule has 0 aliphatic carbocycles. The van der Waals surface area contributed by atoms with Crippen molar-refractivity contribution in [3.05, 3.63) is 34.2 Å². The zero-order valence-corrected chi connectivity index (χ0v) is 18.6. The molecule has 0 saturated carbocycles. The molecule has 1 aromatic carbocycles. The van der Waals surface area contributed by atoms with Gasteiger partial charge in [0.2, 0.25) is 5.82 Å². The van der Waals surface area contributed by atoms with Crippen LogP contribution >= 0.6 is 40.3 Å². The highest BCUT2D eigenvalue weighted by Gasteiger charge is 2.13. The molecule has 1 heterocycles. The molecule has 26 heavy (non-hydrogen) atoms. The van der Waals surface area contributed by atoms with Gasteiger partial charge in [0.25, 0.3) is 0 Å². The third-order valence-electron chi connectivity index (χ3n) is 2.63. The number of anilines is 1. The van der Waals surface area contributed by atoms with E-state index in [-0.39, 0.29) is 11.7 Å². The zero-order chi connectivity index (χ0) is 19.9. The van der Waals surface area contributed by atoms with E-state index in [4.69, 9.17) is 10.4 Å². The van der Waals surface area contributed by atoms with E-state index in [0.717, 1.165) is 18.1 Å². The highest BCUT2D eigenvalue weighted by Crippen LogP contribution is 2.23. The number of aliphatic imine (C=N–C) groups is 1. The van der Waals surface area contributed by atoms with Crippen molar-refractivity contribution in [2.24, 2.45) is 10.7 Å². The van der Waals surface area contributed by atoms with Gasteiger partial charge >= 0.3 is 0 Å². The first-order valence-corrected chi connectivity index (χ1v) is 10.8. The van der Waals surface area contributed by atoms with E-state index in [1.165, 1.54) is 18.2 Å². The van der Waals surface area contributed by atoms with E-state index in [2.05, 4.69) is 56.1 Å². The number of hydrogen-bond donors (Lipinski definition) is 3. The summed E-state index contributed by atoms with van der Waals surface area (Å²) in [6.07, 6.45) is 1.69. The Labute approximate surface area is 172 Å². The van der Waals surface area contributed by atoms with E-state index in [0.29, 0.717) is 21.7 Å². The van der Waals surface area contributed by atoms with Gasteiger partial charge in [-0.15, -0.1) is 0 Å². The minimum Gasteiger partial charge on any atom is -0.382 e. The van der Waals surface area contributed by atoms with E-state index >= 15 is 0 Å². The van der Waals surface area contributed by atoms with Crippen molar-refractivity contribution in [2.75, 3.05) is 29.6 Å². The lowest BCUT2D eigenvalue weighted by Crippen LogP contribution is -2.17. The van der Waals surface area contributed by atoms with Crippen LogP contribution in [0.15, 0.2) is 32.3 Å². The summed E-state index contributed by atoms with van der Waals surface area (Å²) in [5.74, 6) is 2.21. The van der Waals surface area contributed by atoms with Crippen molar-refractivity contribution in [1.82, 2.24) is 10.3 Å². The van der Waals surface area contributed by atoms with Gasteiger partial charge in [-0.3, -0.25) is 0 Å². The number of thiol groups is 1. The third kappa shape index (κ3) is 8.41. The average Bonchev–Trinajstić information content (AvgIpc) is 3.14. The maximum Gasteiger partial charge on any atom is 0.202 e. The molecule has 0 amide bonds. The molecule has 0 aliphatic rings. The van der Waals surface area contributed by atoms with Crippen molar-refractivity contribution < 1.29 is 9.02 Å². The fourth-order valence-corrected chi connectivity index (χ4v) is 2.51. The summed E-state index contributed by atoms with van der Waals surface area (Å²) >= 11 is 8.44. The lowest BCUT2D eigenvalue weighted by Gasteiger charge is -2.03. The Morgan fingerprint density at radius 2 is 2.08 bits per heavy atom. The second-order valence-electron chi connectivity index (χ2n) is 4.18. The van der Waals surface area contributed by atoms with Crippen molar-refractivity contribution in [1.29, 1.82) is 0 Å². The van der Waals surface area contributed by atoms with Gasteiger partial charge in [0.15, 0.2) is 11.5 Å². The number of amidine groups is 1. The van der Waals surface area contributed by atoms with E-state index < -0.39 is 0 Å². The molecule has 0 saturated heterocycles. The molecule has 2 rings (SSSR count). The molecule has 0 fully saturated rings. The highest BCUT2D eigenvalue weighted by atomic mass is 79.9. The SMILES string of the molecule is CC.CCSCCNc1nonc1C(N)=Nc1ccc(F)c(Br)c1.CS. The Morgan fingerprint density at radius 1 is 1.38 bits per heavy atom. The molecule has 3 N–H and O–H groups in total. The molecule has 0 unspecified atom stereocenters. The standard InChI is InChI=1S/C13H15BrFN5OS.C2H6.CH4S/c1-2-22-6-5-17-13-11(19-21-20-13)12(16)18-8-3-4-10(15)9(14)7-8;2*1-2/h3-4,7H,2,5-6H2,1H3,(H2,16,18)(H,17,20);1-2H3;2H,1H3. The summed E-state index contributed by atoms with van der Waals surface area (Å²) in [7, 11) is 0. The number of rotatable bonds is 7. The molecule has 10 heteroatoms. The van der Waals surface area contributed by atoms with Gasteiger partial charge in [-0.1, -0.05) is 20.8 Å². The monoisotopic (exact) mass is 465 g/mol. The quantitative estimate of drug-likeness (QED) is 0.236. The number of halogens is 2. The summed E-state index contributed by atoms with van der Waals surface area (Å²) in [4.78, 5) is 4.20. The topological polar surface area (TPSA) is 89.3 Å². The molecule has 0 aliphatic heterocycles. The number of aromatic nitrogens is 2. The van der Waals surface area contributed by atoms with Gasteiger partial charge in [-0.2, -0.15) is 24.4 Å². The van der Waals surface area contributed by atoms with Gasteiger partial charge < -0.3 is 11.1 Å². The van der Waals surface area contributed by atoms with Crippen LogP contribution in [0.4, 0.5) is 15.9 Å². The maximum absolute atomic E-state index is 13.2. The van der Waals surface area contributed by atoms with Crippen molar-refractivity contribution in [3.63, 3.8) is 0 Å². The Bertz CT molecular complexity index is 670. The molecule has 2 aromatic rings. The van der Waals surface area contributed by atoms with Crippen molar-refractivity contribution >= 4 is 57.7 Å². The number of nitrogens with two attached hydrogens (primary N) is 1. The van der Waals surface area contributed by atoms with E-state index in [1.807, 2.05) is 13.8 Å². The normalized spacial score (nSPS) is 10.3. The number of nitrogens with one attached hydrogen (secondary N) is 1. The Balaban J connectivity index is 0.00000146. The number of thioether (sulfide) groups is 1. The highest BCUT2D eigenvalue weighted by molar-refractivity contribution is 9.10. The molecule has 146 valence electrons. The molecule has 6 nitrogen and oxygen atoms in total. The van der Waals surface area contributed by atoms with Gasteiger partial charge in [0.05, 0.1) is 10.2 Å². The Morgan fingerprint density at radius 3 is 2.69 bits per heavy atom. The molecule has 0 radical (unpaired) electrons. The molecular weight excluding hydrogens is 441 g/mol. The largest absolute Gasteiger partial charge is 0.382 e. The number of hydrogen-bond acceptors (Lipinski definition) is 7. The lowest BCUT2D eigenvalue weighted by molar-refractivity contribution is 0.308. The molecule has 1 aromatic heterocycles. The first-order valence-electron chi connectivity index (χ1n) is 8.00. The first-order chi connectivity index (χ1) is 12.6. The summed E-state index contributed by atoms with van der Waals surface area (Å²) in [5, 5.41) is 10.6. The molecular formula is C16H25BrFN5OS2. The minimum absolute atomic E-state index is 0.144. The van der Waals surface area contributed by atoms with Crippen LogP contribution in [0.3, 0.4) is 0 Å². The summed E-state index contributed by atoms with van der Waals surface area (Å²) < 4.78 is 18.2. The van der Waals surface area contributed by atoms with E-state index in [9.17, 15) is 4.39 Å².